The molecule has 0 aliphatic carbocycles. The number of nitriles is 1. The van der Waals surface area contributed by atoms with Crippen molar-refractivity contribution < 1.29 is 0 Å². The number of nitrogens with zero attached hydrogens (tertiary/aromatic N) is 6. The van der Waals surface area contributed by atoms with E-state index in [0.29, 0.717) is 27.9 Å². The van der Waals surface area contributed by atoms with E-state index in [0.717, 1.165) is 16.6 Å². The number of benzene rings is 1. The van der Waals surface area contributed by atoms with Crippen LogP contribution in [-0.4, -0.2) is 24.7 Å². The highest BCUT2D eigenvalue weighted by atomic mass is 35.5. The molecule has 0 fully saturated rings. The standard InChI is InChI=1S/C18H12ClN7/c1-11-7-16(23-10-22-11)24-18-13-9-26(25-15(13)5-6-21-18)17-12(8-20)3-2-4-14(17)19/h2-7,9-10H,1H3,(H,21,22,23,24). The molecule has 8 heteroatoms. The van der Waals surface area contributed by atoms with E-state index in [4.69, 9.17) is 11.6 Å². The lowest BCUT2D eigenvalue weighted by Crippen LogP contribution is -1.99. The number of fused-ring (bicyclic) bond motifs is 1. The van der Waals surface area contributed by atoms with Gasteiger partial charge in [-0.2, -0.15) is 10.4 Å². The average Bonchev–Trinajstić information content (AvgIpc) is 3.06. The molecule has 0 aliphatic heterocycles. The summed E-state index contributed by atoms with van der Waals surface area (Å²) in [6, 6.07) is 10.9. The minimum atomic E-state index is 0.444. The van der Waals surface area contributed by atoms with E-state index in [2.05, 4.69) is 31.4 Å². The van der Waals surface area contributed by atoms with E-state index >= 15 is 0 Å². The third-order valence-corrected chi connectivity index (χ3v) is 4.13. The van der Waals surface area contributed by atoms with Gasteiger partial charge in [-0.15, -0.1) is 0 Å². The molecule has 0 bridgehead atoms. The van der Waals surface area contributed by atoms with Gasteiger partial charge in [0.05, 0.1) is 21.5 Å². The minimum absolute atomic E-state index is 0.444. The van der Waals surface area contributed by atoms with Crippen molar-refractivity contribution in [3.05, 3.63) is 65.3 Å². The van der Waals surface area contributed by atoms with Gasteiger partial charge >= 0.3 is 0 Å². The number of hydrogen-bond donors (Lipinski definition) is 1. The summed E-state index contributed by atoms with van der Waals surface area (Å²) in [5, 5.41) is 18.3. The molecule has 4 rings (SSSR count). The lowest BCUT2D eigenvalue weighted by atomic mass is 10.2. The molecule has 4 aromatic rings. The first-order chi connectivity index (χ1) is 12.7. The lowest BCUT2D eigenvalue weighted by Gasteiger charge is -2.06. The quantitative estimate of drug-likeness (QED) is 0.596. The van der Waals surface area contributed by atoms with Crippen LogP contribution in [-0.2, 0) is 0 Å². The Morgan fingerprint density at radius 1 is 1.19 bits per heavy atom. The number of nitrogens with one attached hydrogen (secondary N) is 1. The smallest absolute Gasteiger partial charge is 0.142 e. The fourth-order valence-corrected chi connectivity index (χ4v) is 2.90. The molecule has 3 heterocycles. The SMILES string of the molecule is Cc1cc(Nc2nccc3nn(-c4c(Cl)cccc4C#N)cc23)ncn1. The molecule has 0 aliphatic rings. The summed E-state index contributed by atoms with van der Waals surface area (Å²) >= 11 is 6.30. The van der Waals surface area contributed by atoms with Gasteiger partial charge in [-0.1, -0.05) is 17.7 Å². The fraction of sp³-hybridized carbons (Fsp3) is 0.0556. The first-order valence-corrected chi connectivity index (χ1v) is 8.12. The van der Waals surface area contributed by atoms with Gasteiger partial charge in [0, 0.05) is 24.2 Å². The molecule has 0 amide bonds. The Morgan fingerprint density at radius 2 is 2.08 bits per heavy atom. The Kier molecular flexibility index (Phi) is 3.95. The number of halogens is 1. The van der Waals surface area contributed by atoms with Gasteiger partial charge < -0.3 is 5.32 Å². The van der Waals surface area contributed by atoms with E-state index in [1.165, 1.54) is 6.33 Å². The molecule has 0 saturated carbocycles. The van der Waals surface area contributed by atoms with Crippen molar-refractivity contribution in [2.45, 2.75) is 6.92 Å². The second-order valence-corrected chi connectivity index (χ2v) is 5.99. The van der Waals surface area contributed by atoms with Gasteiger partial charge in [0.25, 0.3) is 0 Å². The van der Waals surface area contributed by atoms with Crippen LogP contribution in [0.15, 0.2) is 49.1 Å². The molecule has 7 nitrogen and oxygen atoms in total. The van der Waals surface area contributed by atoms with Gasteiger partial charge in [0.1, 0.15) is 29.7 Å². The third-order valence-electron chi connectivity index (χ3n) is 3.82. The van der Waals surface area contributed by atoms with Crippen molar-refractivity contribution >= 4 is 34.1 Å². The Bertz CT molecular complexity index is 1160. The lowest BCUT2D eigenvalue weighted by molar-refractivity contribution is 0.893. The number of pyridine rings is 1. The molecular weight excluding hydrogens is 350 g/mol. The molecule has 1 N–H and O–H groups in total. The highest BCUT2D eigenvalue weighted by molar-refractivity contribution is 6.32. The van der Waals surface area contributed by atoms with Crippen molar-refractivity contribution in [1.82, 2.24) is 24.7 Å². The van der Waals surface area contributed by atoms with E-state index in [1.807, 2.05) is 13.0 Å². The Morgan fingerprint density at radius 3 is 2.88 bits per heavy atom. The van der Waals surface area contributed by atoms with E-state index in [-0.39, 0.29) is 0 Å². The monoisotopic (exact) mass is 361 g/mol. The van der Waals surface area contributed by atoms with Gasteiger partial charge in [0.15, 0.2) is 0 Å². The van der Waals surface area contributed by atoms with Crippen molar-refractivity contribution in [2.75, 3.05) is 5.32 Å². The van der Waals surface area contributed by atoms with Crippen LogP contribution >= 0.6 is 11.6 Å². The van der Waals surface area contributed by atoms with Gasteiger partial charge in [-0.25, -0.2) is 19.6 Å². The zero-order valence-electron chi connectivity index (χ0n) is 13.7. The van der Waals surface area contributed by atoms with Crippen LogP contribution < -0.4 is 5.32 Å². The molecule has 0 saturated heterocycles. The molecule has 26 heavy (non-hydrogen) atoms. The van der Waals surface area contributed by atoms with Crippen LogP contribution in [0.5, 0.6) is 0 Å². The fourth-order valence-electron chi connectivity index (χ4n) is 2.64. The summed E-state index contributed by atoms with van der Waals surface area (Å²) in [6.07, 6.45) is 4.94. The number of rotatable bonds is 3. The average molecular weight is 362 g/mol. The van der Waals surface area contributed by atoms with Gasteiger partial charge in [-0.05, 0) is 25.1 Å². The van der Waals surface area contributed by atoms with Crippen LogP contribution in [0.25, 0.3) is 16.6 Å². The summed E-state index contributed by atoms with van der Waals surface area (Å²) in [5.41, 5.74) is 2.55. The van der Waals surface area contributed by atoms with Crippen LogP contribution in [0.2, 0.25) is 5.02 Å². The normalized spacial score (nSPS) is 10.7. The molecule has 0 spiro atoms. The van der Waals surface area contributed by atoms with E-state index in [9.17, 15) is 5.26 Å². The molecule has 126 valence electrons. The van der Waals surface area contributed by atoms with Crippen LogP contribution in [0.4, 0.5) is 11.6 Å². The predicted molar refractivity (Wildman–Crippen MR) is 98.6 cm³/mol. The van der Waals surface area contributed by atoms with E-state index < -0.39 is 0 Å². The highest BCUT2D eigenvalue weighted by Crippen LogP contribution is 2.28. The maximum atomic E-state index is 9.37. The number of aromatic nitrogens is 5. The number of hydrogen-bond acceptors (Lipinski definition) is 6. The number of aryl methyl sites for hydroxylation is 1. The van der Waals surface area contributed by atoms with Crippen molar-refractivity contribution in [1.29, 1.82) is 5.26 Å². The first-order valence-electron chi connectivity index (χ1n) is 7.75. The largest absolute Gasteiger partial charge is 0.324 e. The number of para-hydroxylation sites is 1. The summed E-state index contributed by atoms with van der Waals surface area (Å²) in [6.45, 7) is 1.89. The van der Waals surface area contributed by atoms with Crippen LogP contribution in [0.1, 0.15) is 11.3 Å². The van der Waals surface area contributed by atoms with Crippen LogP contribution in [0, 0.1) is 18.3 Å². The Balaban J connectivity index is 1.83. The Labute approximate surface area is 153 Å². The van der Waals surface area contributed by atoms with Gasteiger partial charge in [-0.3, -0.25) is 0 Å². The molecular formula is C18H12ClN7. The third kappa shape index (κ3) is 2.83. The zero-order valence-corrected chi connectivity index (χ0v) is 14.4. The van der Waals surface area contributed by atoms with Crippen molar-refractivity contribution in [3.8, 4) is 11.8 Å². The molecule has 0 radical (unpaired) electrons. The predicted octanol–water partition coefficient (Wildman–Crippen LogP) is 3.79. The molecule has 0 atom stereocenters. The van der Waals surface area contributed by atoms with E-state index in [1.54, 1.807) is 41.3 Å². The van der Waals surface area contributed by atoms with Crippen molar-refractivity contribution in [3.63, 3.8) is 0 Å². The summed E-state index contributed by atoms with van der Waals surface area (Å²) in [7, 11) is 0. The summed E-state index contributed by atoms with van der Waals surface area (Å²) in [4.78, 5) is 12.7. The maximum Gasteiger partial charge on any atom is 0.142 e. The topological polar surface area (TPSA) is 92.3 Å². The summed E-state index contributed by atoms with van der Waals surface area (Å²) in [5.74, 6) is 1.25. The Hall–Kier alpha value is -3.50. The molecule has 0 unspecified atom stereocenters. The second-order valence-electron chi connectivity index (χ2n) is 5.58. The number of anilines is 2. The van der Waals surface area contributed by atoms with Crippen molar-refractivity contribution in [2.24, 2.45) is 0 Å². The second kappa shape index (κ2) is 6.43. The summed E-state index contributed by atoms with van der Waals surface area (Å²) < 4.78 is 1.60. The minimum Gasteiger partial charge on any atom is -0.324 e. The van der Waals surface area contributed by atoms with Gasteiger partial charge in [0.2, 0.25) is 0 Å². The zero-order chi connectivity index (χ0) is 18.1. The molecule has 1 aromatic carbocycles. The maximum absolute atomic E-state index is 9.37. The highest BCUT2D eigenvalue weighted by Gasteiger charge is 2.14. The van der Waals surface area contributed by atoms with Crippen LogP contribution in [0.3, 0.4) is 0 Å². The first kappa shape index (κ1) is 16.0. The molecule has 3 aromatic heterocycles.